The van der Waals surface area contributed by atoms with Crippen LogP contribution < -0.4 is 19.5 Å². The molecule has 0 bridgehead atoms. The molecular formula is C34H45NO6. The zero-order valence-corrected chi connectivity index (χ0v) is 24.7. The Morgan fingerprint density at radius 1 is 0.805 bits per heavy atom. The minimum Gasteiger partial charge on any atom is -0.496 e. The van der Waals surface area contributed by atoms with Gasteiger partial charge >= 0.3 is 0 Å². The second kappa shape index (κ2) is 17.0. The first kappa shape index (κ1) is 30.8. The van der Waals surface area contributed by atoms with Gasteiger partial charge in [-0.05, 0) is 60.8 Å². The second-order valence-electron chi connectivity index (χ2n) is 10.4. The number of para-hydroxylation sites is 1. The first-order chi connectivity index (χ1) is 20.2. The number of hydrogen-bond donors (Lipinski definition) is 1. The van der Waals surface area contributed by atoms with Gasteiger partial charge in [0, 0.05) is 44.6 Å². The fourth-order valence-electron chi connectivity index (χ4n) is 5.03. The molecule has 0 unspecified atom stereocenters. The normalized spacial score (nSPS) is 16.9. The number of benzene rings is 3. The van der Waals surface area contributed by atoms with Crippen molar-refractivity contribution < 1.29 is 28.4 Å². The number of ether oxygens (including phenoxy) is 6. The van der Waals surface area contributed by atoms with E-state index in [0.717, 1.165) is 66.3 Å². The lowest BCUT2D eigenvalue weighted by atomic mass is 9.87. The predicted octanol–water partition coefficient (Wildman–Crippen LogP) is 6.07. The number of nitrogens with one attached hydrogen (secondary N) is 1. The quantitative estimate of drug-likeness (QED) is 0.200. The highest BCUT2D eigenvalue weighted by Crippen LogP contribution is 2.30. The minimum atomic E-state index is 0.100. The lowest BCUT2D eigenvalue weighted by Crippen LogP contribution is -2.40. The summed E-state index contributed by atoms with van der Waals surface area (Å²) < 4.78 is 34.7. The molecule has 3 aromatic rings. The Hall–Kier alpha value is -3.10. The fourth-order valence-corrected chi connectivity index (χ4v) is 5.03. The Kier molecular flexibility index (Phi) is 12.8. The summed E-state index contributed by atoms with van der Waals surface area (Å²) in [7, 11) is 3.39. The summed E-state index contributed by atoms with van der Waals surface area (Å²) in [6, 6.07) is 22.7. The number of hydrogen-bond acceptors (Lipinski definition) is 7. The average Bonchev–Trinajstić information content (AvgIpc) is 3.02. The van der Waals surface area contributed by atoms with E-state index < -0.39 is 0 Å². The van der Waals surface area contributed by atoms with Crippen molar-refractivity contribution in [1.29, 1.82) is 0 Å². The maximum absolute atomic E-state index is 6.46. The van der Waals surface area contributed by atoms with Gasteiger partial charge in [0.1, 0.15) is 17.2 Å². The van der Waals surface area contributed by atoms with Crippen molar-refractivity contribution in [2.24, 2.45) is 0 Å². The van der Waals surface area contributed by atoms with E-state index in [9.17, 15) is 0 Å². The van der Waals surface area contributed by atoms with Crippen molar-refractivity contribution in [3.8, 4) is 17.2 Å². The van der Waals surface area contributed by atoms with Crippen LogP contribution in [0.15, 0.2) is 66.7 Å². The molecule has 0 radical (unpaired) electrons. The van der Waals surface area contributed by atoms with Gasteiger partial charge in [-0.3, -0.25) is 0 Å². The molecule has 0 aliphatic carbocycles. The predicted molar refractivity (Wildman–Crippen MR) is 161 cm³/mol. The van der Waals surface area contributed by atoms with Crippen molar-refractivity contribution in [3.05, 3.63) is 89.0 Å². The maximum atomic E-state index is 6.46. The zero-order valence-electron chi connectivity index (χ0n) is 24.7. The maximum Gasteiger partial charge on any atom is 0.124 e. The topological polar surface area (TPSA) is 67.4 Å². The van der Waals surface area contributed by atoms with Crippen LogP contribution in [0.5, 0.6) is 17.2 Å². The lowest BCUT2D eigenvalue weighted by Gasteiger charge is -2.32. The highest BCUT2D eigenvalue weighted by Gasteiger charge is 2.27. The van der Waals surface area contributed by atoms with E-state index in [-0.39, 0.29) is 6.10 Å². The first-order valence-electron chi connectivity index (χ1n) is 14.6. The number of methoxy groups -OCH3 is 2. The van der Waals surface area contributed by atoms with Crippen LogP contribution in [0.25, 0.3) is 0 Å². The smallest absolute Gasteiger partial charge is 0.124 e. The second-order valence-corrected chi connectivity index (χ2v) is 10.4. The Morgan fingerprint density at radius 3 is 2.44 bits per heavy atom. The van der Waals surface area contributed by atoms with Crippen molar-refractivity contribution in [1.82, 2.24) is 5.32 Å². The number of aryl methyl sites for hydroxylation is 1. The van der Waals surface area contributed by atoms with Gasteiger partial charge in [0.05, 0.1) is 46.2 Å². The summed E-state index contributed by atoms with van der Waals surface area (Å²) in [4.78, 5) is 0. The van der Waals surface area contributed by atoms with Crippen LogP contribution in [0.3, 0.4) is 0 Å². The van der Waals surface area contributed by atoms with Gasteiger partial charge in [-0.2, -0.15) is 0 Å². The Bertz CT molecular complexity index is 1170. The summed E-state index contributed by atoms with van der Waals surface area (Å²) in [5.41, 5.74) is 4.59. The Morgan fingerprint density at radius 2 is 1.61 bits per heavy atom. The molecule has 7 nitrogen and oxygen atoms in total. The third kappa shape index (κ3) is 9.75. The fraction of sp³-hybridized carbons (Fsp3) is 0.471. The molecule has 0 aromatic heterocycles. The zero-order chi connectivity index (χ0) is 28.7. The van der Waals surface area contributed by atoms with Gasteiger partial charge in [0.15, 0.2) is 0 Å². The number of piperidine rings is 1. The molecule has 1 heterocycles. The van der Waals surface area contributed by atoms with Crippen LogP contribution in [0.1, 0.15) is 47.4 Å². The summed E-state index contributed by atoms with van der Waals surface area (Å²) in [5.74, 6) is 2.99. The molecule has 7 heteroatoms. The molecule has 0 amide bonds. The summed E-state index contributed by atoms with van der Waals surface area (Å²) in [5, 5.41) is 3.50. The van der Waals surface area contributed by atoms with Gasteiger partial charge < -0.3 is 33.7 Å². The van der Waals surface area contributed by atoms with Crippen molar-refractivity contribution in [3.63, 3.8) is 0 Å². The van der Waals surface area contributed by atoms with E-state index in [1.165, 1.54) is 5.56 Å². The SMILES string of the molecule is COCCCOc1cc(CO[C@H]2CNCC[C@@H]2c2ccc(OCCCOCc3ccccc3OC)cc2)ccc1C. The van der Waals surface area contributed by atoms with Crippen molar-refractivity contribution in [2.45, 2.75) is 51.4 Å². The van der Waals surface area contributed by atoms with Gasteiger partial charge in [-0.25, -0.2) is 0 Å². The standard InChI is InChI=1S/C34H45NO6/c1-26-10-11-27(22-33(26)40-21-6-18-36-2)24-41-34-23-35-17-16-31(34)28-12-14-30(15-13-28)39-20-7-19-38-25-29-8-4-5-9-32(29)37-3/h4-5,8-15,22,31,34-35H,6-7,16-21,23-25H2,1-3H3/t31-,34+/m1/s1. The molecule has 1 saturated heterocycles. The van der Waals surface area contributed by atoms with Crippen LogP contribution in [0.2, 0.25) is 0 Å². The molecule has 1 aliphatic heterocycles. The lowest BCUT2D eigenvalue weighted by molar-refractivity contribution is 0.0105. The third-order valence-corrected chi connectivity index (χ3v) is 7.35. The van der Waals surface area contributed by atoms with Crippen LogP contribution in [0, 0.1) is 6.92 Å². The Balaban J connectivity index is 1.21. The molecular weight excluding hydrogens is 518 g/mol. The molecule has 4 rings (SSSR count). The van der Waals surface area contributed by atoms with Crippen molar-refractivity contribution in [2.75, 3.05) is 53.7 Å². The molecule has 0 saturated carbocycles. The van der Waals surface area contributed by atoms with Gasteiger partial charge in [0.2, 0.25) is 0 Å². The molecule has 2 atom stereocenters. The van der Waals surface area contributed by atoms with Crippen LogP contribution in [-0.4, -0.2) is 59.8 Å². The third-order valence-electron chi connectivity index (χ3n) is 7.35. The Labute approximate surface area is 245 Å². The highest BCUT2D eigenvalue weighted by molar-refractivity contribution is 5.36. The summed E-state index contributed by atoms with van der Waals surface area (Å²) in [6.45, 7) is 7.57. The largest absolute Gasteiger partial charge is 0.496 e. The molecule has 222 valence electrons. The molecule has 1 N–H and O–H groups in total. The van der Waals surface area contributed by atoms with Gasteiger partial charge in [0.25, 0.3) is 0 Å². The molecule has 1 fully saturated rings. The van der Waals surface area contributed by atoms with E-state index >= 15 is 0 Å². The van der Waals surface area contributed by atoms with Gasteiger partial charge in [-0.15, -0.1) is 0 Å². The molecule has 1 aliphatic rings. The number of rotatable bonds is 17. The van der Waals surface area contributed by atoms with E-state index in [1.807, 2.05) is 24.3 Å². The monoisotopic (exact) mass is 563 g/mol. The minimum absolute atomic E-state index is 0.100. The van der Waals surface area contributed by atoms with E-state index in [1.54, 1.807) is 14.2 Å². The molecule has 0 spiro atoms. The highest BCUT2D eigenvalue weighted by atomic mass is 16.5. The summed E-state index contributed by atoms with van der Waals surface area (Å²) >= 11 is 0. The van der Waals surface area contributed by atoms with Crippen LogP contribution in [0.4, 0.5) is 0 Å². The van der Waals surface area contributed by atoms with Crippen molar-refractivity contribution >= 4 is 0 Å². The van der Waals surface area contributed by atoms with Crippen LogP contribution >= 0.6 is 0 Å². The van der Waals surface area contributed by atoms with E-state index in [2.05, 4.69) is 54.7 Å². The first-order valence-corrected chi connectivity index (χ1v) is 14.6. The average molecular weight is 564 g/mol. The van der Waals surface area contributed by atoms with Gasteiger partial charge in [-0.1, -0.05) is 42.5 Å². The van der Waals surface area contributed by atoms with E-state index in [0.29, 0.717) is 45.6 Å². The van der Waals surface area contributed by atoms with Crippen LogP contribution in [-0.2, 0) is 27.4 Å². The molecule has 41 heavy (non-hydrogen) atoms. The summed E-state index contributed by atoms with van der Waals surface area (Å²) in [6.07, 6.45) is 2.83. The van der Waals surface area contributed by atoms with E-state index in [4.69, 9.17) is 28.4 Å². The molecule has 3 aromatic carbocycles.